The van der Waals surface area contributed by atoms with E-state index in [1.807, 2.05) is 12.1 Å². The van der Waals surface area contributed by atoms with Crippen LogP contribution in [0.4, 0.5) is 0 Å². The van der Waals surface area contributed by atoms with Gasteiger partial charge in [-0.25, -0.2) is 0 Å². The third-order valence-corrected chi connectivity index (χ3v) is 6.87. The average Bonchev–Trinajstić information content (AvgIpc) is 3.33. The SMILES string of the molecule is COc1ccccc1[C@@H](CNC(=O)[C@H]1C[C@@H]2CC[C@@H]1C2)N1CCCCC1. The molecule has 1 N–H and O–H groups in total. The maximum absolute atomic E-state index is 12.8. The van der Waals surface area contributed by atoms with Gasteiger partial charge in [-0.2, -0.15) is 0 Å². The van der Waals surface area contributed by atoms with Crippen LogP contribution in [0.1, 0.15) is 56.6 Å². The van der Waals surface area contributed by atoms with Crippen molar-refractivity contribution in [2.75, 3.05) is 26.7 Å². The Hall–Kier alpha value is -1.55. The predicted molar refractivity (Wildman–Crippen MR) is 103 cm³/mol. The molecule has 4 rings (SSSR count). The molecule has 1 saturated heterocycles. The van der Waals surface area contributed by atoms with Crippen LogP contribution in [-0.2, 0) is 4.79 Å². The Balaban J connectivity index is 1.47. The first-order valence-electron chi connectivity index (χ1n) is 10.4. The lowest BCUT2D eigenvalue weighted by Crippen LogP contribution is -2.43. The number of hydrogen-bond donors (Lipinski definition) is 1. The highest BCUT2D eigenvalue weighted by Gasteiger charge is 2.43. The standard InChI is InChI=1S/C22H32N2O2/c1-26-21-8-4-3-7-18(21)20(24-11-5-2-6-12-24)15-23-22(25)19-14-16-9-10-17(19)13-16/h3-4,7-8,16-17,19-20H,2,5-6,9-15H2,1H3,(H,23,25)/t16-,17-,19+,20-/m1/s1. The summed E-state index contributed by atoms with van der Waals surface area (Å²) < 4.78 is 5.62. The summed E-state index contributed by atoms with van der Waals surface area (Å²) in [5, 5.41) is 3.32. The Morgan fingerprint density at radius 2 is 2.00 bits per heavy atom. The summed E-state index contributed by atoms with van der Waals surface area (Å²) in [4.78, 5) is 15.4. The molecule has 0 unspecified atom stereocenters. The normalized spacial score (nSPS) is 29.5. The van der Waals surface area contributed by atoms with E-state index in [2.05, 4.69) is 22.3 Å². The number of carbonyl (C=O) groups excluding carboxylic acids is 1. The van der Waals surface area contributed by atoms with Crippen LogP contribution in [0.5, 0.6) is 5.75 Å². The first kappa shape index (κ1) is 17.8. The lowest BCUT2D eigenvalue weighted by Gasteiger charge is -2.36. The Morgan fingerprint density at radius 3 is 2.69 bits per heavy atom. The van der Waals surface area contributed by atoms with Crippen LogP contribution in [0.15, 0.2) is 24.3 Å². The van der Waals surface area contributed by atoms with E-state index >= 15 is 0 Å². The number of para-hydroxylation sites is 1. The van der Waals surface area contributed by atoms with Crippen molar-refractivity contribution >= 4 is 5.91 Å². The van der Waals surface area contributed by atoms with E-state index in [-0.39, 0.29) is 17.9 Å². The van der Waals surface area contributed by atoms with Crippen molar-refractivity contribution in [2.45, 2.75) is 51.0 Å². The van der Waals surface area contributed by atoms with Crippen molar-refractivity contribution in [2.24, 2.45) is 17.8 Å². The van der Waals surface area contributed by atoms with E-state index in [1.165, 1.54) is 44.1 Å². The lowest BCUT2D eigenvalue weighted by atomic mass is 9.88. The van der Waals surface area contributed by atoms with Gasteiger partial charge in [-0.05, 0) is 63.1 Å². The fraction of sp³-hybridized carbons (Fsp3) is 0.682. The van der Waals surface area contributed by atoms with Gasteiger partial charge in [0.1, 0.15) is 5.75 Å². The number of amides is 1. The van der Waals surface area contributed by atoms with E-state index in [1.54, 1.807) is 7.11 Å². The third-order valence-electron chi connectivity index (χ3n) is 6.87. The minimum absolute atomic E-state index is 0.203. The first-order chi connectivity index (χ1) is 12.8. The molecule has 4 nitrogen and oxygen atoms in total. The number of methoxy groups -OCH3 is 1. The van der Waals surface area contributed by atoms with Gasteiger partial charge < -0.3 is 10.1 Å². The molecule has 1 aromatic rings. The maximum Gasteiger partial charge on any atom is 0.223 e. The summed E-state index contributed by atoms with van der Waals surface area (Å²) in [7, 11) is 1.74. The highest BCUT2D eigenvalue weighted by atomic mass is 16.5. The number of nitrogens with one attached hydrogen (secondary N) is 1. The summed E-state index contributed by atoms with van der Waals surface area (Å²) in [5.74, 6) is 2.92. The maximum atomic E-state index is 12.8. The van der Waals surface area contributed by atoms with Gasteiger partial charge in [0.05, 0.1) is 13.2 Å². The molecule has 1 amide bonds. The molecule has 0 radical (unpaired) electrons. The molecule has 2 aliphatic carbocycles. The van der Waals surface area contributed by atoms with Gasteiger partial charge in [-0.3, -0.25) is 9.69 Å². The molecule has 142 valence electrons. The Labute approximate surface area is 157 Å². The number of nitrogens with zero attached hydrogens (tertiary/aromatic N) is 1. The highest BCUT2D eigenvalue weighted by molar-refractivity contribution is 5.79. The van der Waals surface area contributed by atoms with Gasteiger partial charge >= 0.3 is 0 Å². The molecule has 1 aromatic carbocycles. The molecule has 4 atom stereocenters. The molecule has 2 bridgehead atoms. The van der Waals surface area contributed by atoms with Gasteiger partial charge in [0.15, 0.2) is 0 Å². The minimum atomic E-state index is 0.203. The summed E-state index contributed by atoms with van der Waals surface area (Å²) in [6, 6.07) is 8.48. The molecule has 4 heteroatoms. The molecular weight excluding hydrogens is 324 g/mol. The summed E-state index contributed by atoms with van der Waals surface area (Å²) >= 11 is 0. The number of ether oxygens (including phenoxy) is 1. The van der Waals surface area contributed by atoms with Gasteiger partial charge in [0.25, 0.3) is 0 Å². The van der Waals surface area contributed by atoms with Gasteiger partial charge in [-0.15, -0.1) is 0 Å². The second-order valence-corrected chi connectivity index (χ2v) is 8.38. The molecule has 0 spiro atoms. The number of fused-ring (bicyclic) bond motifs is 2. The zero-order valence-electron chi connectivity index (χ0n) is 16.0. The Kier molecular flexibility index (Phi) is 5.49. The fourth-order valence-electron chi connectivity index (χ4n) is 5.50. The highest BCUT2D eigenvalue weighted by Crippen LogP contribution is 2.48. The zero-order chi connectivity index (χ0) is 17.9. The van der Waals surface area contributed by atoms with Crippen LogP contribution in [0, 0.1) is 17.8 Å². The van der Waals surface area contributed by atoms with Gasteiger partial charge in [0.2, 0.25) is 5.91 Å². The second-order valence-electron chi connectivity index (χ2n) is 8.38. The van der Waals surface area contributed by atoms with Gasteiger partial charge in [0, 0.05) is 18.0 Å². The summed E-state index contributed by atoms with van der Waals surface area (Å²) in [5.41, 5.74) is 1.20. The third kappa shape index (κ3) is 3.62. The monoisotopic (exact) mass is 356 g/mol. The van der Waals surface area contributed by atoms with Crippen LogP contribution < -0.4 is 10.1 Å². The Bertz CT molecular complexity index is 626. The van der Waals surface area contributed by atoms with Crippen molar-refractivity contribution in [1.29, 1.82) is 0 Å². The molecule has 26 heavy (non-hydrogen) atoms. The number of rotatable bonds is 6. The zero-order valence-corrected chi connectivity index (χ0v) is 16.0. The van der Waals surface area contributed by atoms with Crippen molar-refractivity contribution in [3.8, 4) is 5.75 Å². The molecule has 3 fully saturated rings. The number of hydrogen-bond acceptors (Lipinski definition) is 3. The number of benzene rings is 1. The second kappa shape index (κ2) is 7.99. The van der Waals surface area contributed by atoms with Crippen molar-refractivity contribution in [3.05, 3.63) is 29.8 Å². The topological polar surface area (TPSA) is 41.6 Å². The fourth-order valence-corrected chi connectivity index (χ4v) is 5.50. The van der Waals surface area contributed by atoms with Crippen LogP contribution in [0.3, 0.4) is 0 Å². The molecular formula is C22H32N2O2. The molecule has 3 aliphatic rings. The largest absolute Gasteiger partial charge is 0.496 e. The van der Waals surface area contributed by atoms with Crippen LogP contribution in [-0.4, -0.2) is 37.6 Å². The first-order valence-corrected chi connectivity index (χ1v) is 10.4. The van der Waals surface area contributed by atoms with E-state index in [4.69, 9.17) is 4.74 Å². The quantitative estimate of drug-likeness (QED) is 0.843. The van der Waals surface area contributed by atoms with Crippen LogP contribution in [0.2, 0.25) is 0 Å². The lowest BCUT2D eigenvalue weighted by molar-refractivity contribution is -0.126. The van der Waals surface area contributed by atoms with E-state index in [0.29, 0.717) is 12.5 Å². The van der Waals surface area contributed by atoms with Crippen LogP contribution >= 0.6 is 0 Å². The van der Waals surface area contributed by atoms with Crippen molar-refractivity contribution in [1.82, 2.24) is 10.2 Å². The summed E-state index contributed by atoms with van der Waals surface area (Å²) in [6.45, 7) is 2.90. The predicted octanol–water partition coefficient (Wildman–Crippen LogP) is 3.77. The van der Waals surface area contributed by atoms with E-state index in [9.17, 15) is 4.79 Å². The van der Waals surface area contributed by atoms with Gasteiger partial charge in [-0.1, -0.05) is 31.0 Å². The average molecular weight is 357 g/mol. The molecule has 0 aromatic heterocycles. The number of carbonyl (C=O) groups is 1. The minimum Gasteiger partial charge on any atom is -0.496 e. The smallest absolute Gasteiger partial charge is 0.223 e. The van der Waals surface area contributed by atoms with Crippen molar-refractivity contribution < 1.29 is 9.53 Å². The van der Waals surface area contributed by atoms with Crippen molar-refractivity contribution in [3.63, 3.8) is 0 Å². The number of piperidine rings is 1. The van der Waals surface area contributed by atoms with Crippen LogP contribution in [0.25, 0.3) is 0 Å². The molecule has 2 saturated carbocycles. The number of likely N-dealkylation sites (tertiary alicyclic amines) is 1. The Morgan fingerprint density at radius 1 is 1.19 bits per heavy atom. The summed E-state index contributed by atoms with van der Waals surface area (Å²) in [6.07, 6.45) is 8.78. The van der Waals surface area contributed by atoms with E-state index in [0.717, 1.165) is 31.2 Å². The molecule has 1 aliphatic heterocycles. The molecule has 1 heterocycles. The van der Waals surface area contributed by atoms with E-state index < -0.39 is 0 Å².